The lowest BCUT2D eigenvalue weighted by atomic mass is 9.96. The van der Waals surface area contributed by atoms with Crippen LogP contribution in [0.2, 0.25) is 5.02 Å². The zero-order valence-corrected chi connectivity index (χ0v) is 15.6. The zero-order valence-electron chi connectivity index (χ0n) is 14.0. The average molecular weight is 388 g/mol. The van der Waals surface area contributed by atoms with Gasteiger partial charge in [0.25, 0.3) is 5.56 Å². The van der Waals surface area contributed by atoms with Gasteiger partial charge in [0.15, 0.2) is 0 Å². The Kier molecular flexibility index (Phi) is 6.82. The number of aromatic nitrogens is 2. The van der Waals surface area contributed by atoms with Crippen LogP contribution in [-0.4, -0.2) is 44.6 Å². The molecule has 0 radical (unpaired) electrons. The first-order chi connectivity index (χ1) is 11.5. The number of aryl methyl sites for hydroxylation is 1. The summed E-state index contributed by atoms with van der Waals surface area (Å²) in [6, 6.07) is 3.26. The Morgan fingerprint density at radius 1 is 1.48 bits per heavy atom. The van der Waals surface area contributed by atoms with Gasteiger partial charge >= 0.3 is 0 Å². The summed E-state index contributed by atoms with van der Waals surface area (Å²) in [6.07, 6.45) is 2.31. The van der Waals surface area contributed by atoms with Gasteiger partial charge in [0.1, 0.15) is 0 Å². The Morgan fingerprint density at radius 2 is 2.24 bits per heavy atom. The Bertz CT molecular complexity index is 797. The largest absolute Gasteiger partial charge is 0.392 e. The minimum Gasteiger partial charge on any atom is -0.392 e. The summed E-state index contributed by atoms with van der Waals surface area (Å²) >= 11 is 6.10. The molecule has 138 valence electrons. The standard InChI is InChI=1S/C17H22ClN3O3.ClH/c1-10-5-14-12(7-13(10)18)17(24)21(9-20-14)8-11(22)6-15-16(23)3-2-4-19-15;/h5,7,9,11,15-16,19,22-23H,2-4,6,8H2,1H3;1H/t11-,15+,16-;/m0./s1. The highest BCUT2D eigenvalue weighted by Gasteiger charge is 2.25. The molecule has 8 heteroatoms. The van der Waals surface area contributed by atoms with Gasteiger partial charge in [-0.15, -0.1) is 12.4 Å². The van der Waals surface area contributed by atoms with Crippen molar-refractivity contribution in [2.75, 3.05) is 6.54 Å². The van der Waals surface area contributed by atoms with Gasteiger partial charge in [0.2, 0.25) is 0 Å². The normalized spacial score (nSPS) is 21.8. The predicted molar refractivity (Wildman–Crippen MR) is 101 cm³/mol. The second-order valence-electron chi connectivity index (χ2n) is 6.48. The van der Waals surface area contributed by atoms with Crippen LogP contribution < -0.4 is 10.9 Å². The van der Waals surface area contributed by atoms with E-state index in [0.717, 1.165) is 24.9 Å². The molecule has 3 rings (SSSR count). The molecular formula is C17H23Cl2N3O3. The SMILES string of the molecule is Cc1cc2ncn(C[C@@H](O)C[C@H]3NCCC[C@@H]3O)c(=O)c2cc1Cl.Cl. The lowest BCUT2D eigenvalue weighted by Crippen LogP contribution is -2.47. The number of hydrogen-bond donors (Lipinski definition) is 3. The number of aliphatic hydroxyl groups excluding tert-OH is 2. The van der Waals surface area contributed by atoms with Crippen molar-refractivity contribution in [3.05, 3.63) is 39.4 Å². The van der Waals surface area contributed by atoms with E-state index in [0.29, 0.717) is 22.3 Å². The van der Waals surface area contributed by atoms with Crippen molar-refractivity contribution in [1.82, 2.24) is 14.9 Å². The van der Waals surface area contributed by atoms with Gasteiger partial charge in [-0.25, -0.2) is 4.98 Å². The van der Waals surface area contributed by atoms with Crippen LogP contribution in [0.4, 0.5) is 0 Å². The summed E-state index contributed by atoms with van der Waals surface area (Å²) in [7, 11) is 0. The fraction of sp³-hybridized carbons (Fsp3) is 0.529. The molecule has 25 heavy (non-hydrogen) atoms. The number of rotatable bonds is 4. The molecule has 1 fully saturated rings. The van der Waals surface area contributed by atoms with Gasteiger partial charge in [-0.05, 0) is 50.4 Å². The van der Waals surface area contributed by atoms with E-state index in [1.165, 1.54) is 10.9 Å². The van der Waals surface area contributed by atoms with Crippen molar-refractivity contribution in [2.45, 2.75) is 51.0 Å². The first-order valence-corrected chi connectivity index (χ1v) is 8.58. The second-order valence-corrected chi connectivity index (χ2v) is 6.89. The predicted octanol–water partition coefficient (Wildman–Crippen LogP) is 1.64. The third kappa shape index (κ3) is 4.51. The second kappa shape index (κ2) is 8.47. The van der Waals surface area contributed by atoms with Crippen LogP contribution in [0.15, 0.2) is 23.3 Å². The van der Waals surface area contributed by atoms with E-state index in [-0.39, 0.29) is 30.6 Å². The first-order valence-electron chi connectivity index (χ1n) is 8.20. The third-order valence-electron chi connectivity index (χ3n) is 4.59. The van der Waals surface area contributed by atoms with E-state index in [1.54, 1.807) is 12.1 Å². The maximum absolute atomic E-state index is 12.6. The van der Waals surface area contributed by atoms with E-state index in [2.05, 4.69) is 10.3 Å². The Balaban J connectivity index is 0.00000225. The molecule has 0 aliphatic carbocycles. The minimum atomic E-state index is -0.742. The fourth-order valence-corrected chi connectivity index (χ4v) is 3.35. The van der Waals surface area contributed by atoms with Crippen LogP contribution in [-0.2, 0) is 6.54 Å². The number of halogens is 2. The van der Waals surface area contributed by atoms with Gasteiger partial charge in [0.05, 0.1) is 36.0 Å². The highest BCUT2D eigenvalue weighted by Crippen LogP contribution is 2.20. The van der Waals surface area contributed by atoms with Gasteiger partial charge in [-0.3, -0.25) is 9.36 Å². The van der Waals surface area contributed by atoms with Crippen molar-refractivity contribution >= 4 is 34.9 Å². The van der Waals surface area contributed by atoms with Crippen molar-refractivity contribution in [2.24, 2.45) is 0 Å². The summed E-state index contributed by atoms with van der Waals surface area (Å²) in [5.74, 6) is 0. The molecular weight excluding hydrogens is 365 g/mol. The van der Waals surface area contributed by atoms with Gasteiger partial charge in [-0.1, -0.05) is 11.6 Å². The molecule has 0 spiro atoms. The van der Waals surface area contributed by atoms with Crippen LogP contribution in [0.5, 0.6) is 0 Å². The highest BCUT2D eigenvalue weighted by atomic mass is 35.5. The monoisotopic (exact) mass is 387 g/mol. The van der Waals surface area contributed by atoms with Crippen LogP contribution in [0.1, 0.15) is 24.8 Å². The summed E-state index contributed by atoms with van der Waals surface area (Å²) in [4.78, 5) is 16.9. The van der Waals surface area contributed by atoms with Crippen LogP contribution in [0.3, 0.4) is 0 Å². The third-order valence-corrected chi connectivity index (χ3v) is 4.99. The molecule has 0 bridgehead atoms. The molecule has 2 heterocycles. The number of benzene rings is 1. The Hall–Kier alpha value is -1.18. The number of hydrogen-bond acceptors (Lipinski definition) is 5. The molecule has 3 atom stereocenters. The number of aliphatic hydroxyl groups is 2. The lowest BCUT2D eigenvalue weighted by molar-refractivity contribution is 0.0539. The maximum atomic E-state index is 12.6. The summed E-state index contributed by atoms with van der Waals surface area (Å²) < 4.78 is 1.40. The van der Waals surface area contributed by atoms with Crippen LogP contribution >= 0.6 is 24.0 Å². The molecule has 2 aromatic rings. The molecule has 1 aromatic carbocycles. The lowest BCUT2D eigenvalue weighted by Gasteiger charge is -2.30. The van der Waals surface area contributed by atoms with Crippen molar-refractivity contribution in [3.63, 3.8) is 0 Å². The topological polar surface area (TPSA) is 87.4 Å². The highest BCUT2D eigenvalue weighted by molar-refractivity contribution is 6.32. The number of fused-ring (bicyclic) bond motifs is 1. The first kappa shape index (κ1) is 20.1. The maximum Gasteiger partial charge on any atom is 0.261 e. The average Bonchev–Trinajstić information content (AvgIpc) is 2.54. The van der Waals surface area contributed by atoms with Gasteiger partial charge in [0, 0.05) is 11.1 Å². The summed E-state index contributed by atoms with van der Waals surface area (Å²) in [5, 5.41) is 24.4. The van der Waals surface area contributed by atoms with E-state index < -0.39 is 12.2 Å². The summed E-state index contributed by atoms with van der Waals surface area (Å²) in [6.45, 7) is 2.84. The van der Waals surface area contributed by atoms with Gasteiger partial charge in [-0.2, -0.15) is 0 Å². The number of nitrogens with zero attached hydrogens (tertiary/aromatic N) is 2. The zero-order chi connectivity index (χ0) is 17.3. The number of piperidine rings is 1. The van der Waals surface area contributed by atoms with Crippen molar-refractivity contribution < 1.29 is 10.2 Å². The molecule has 1 aromatic heterocycles. The van der Waals surface area contributed by atoms with Gasteiger partial charge < -0.3 is 15.5 Å². The van der Waals surface area contributed by atoms with Crippen molar-refractivity contribution in [3.8, 4) is 0 Å². The molecule has 0 amide bonds. The van der Waals surface area contributed by atoms with E-state index >= 15 is 0 Å². The Morgan fingerprint density at radius 3 is 2.96 bits per heavy atom. The molecule has 3 N–H and O–H groups in total. The van der Waals surface area contributed by atoms with E-state index in [9.17, 15) is 15.0 Å². The minimum absolute atomic E-state index is 0. The Labute approximate surface area is 157 Å². The molecule has 0 saturated carbocycles. The van der Waals surface area contributed by atoms with Crippen molar-refractivity contribution in [1.29, 1.82) is 0 Å². The number of nitrogens with one attached hydrogen (secondary N) is 1. The molecule has 0 unspecified atom stereocenters. The van der Waals surface area contributed by atoms with E-state index in [1.807, 2.05) is 6.92 Å². The van der Waals surface area contributed by atoms with Crippen LogP contribution in [0, 0.1) is 6.92 Å². The molecule has 6 nitrogen and oxygen atoms in total. The van der Waals surface area contributed by atoms with Crippen LogP contribution in [0.25, 0.3) is 10.9 Å². The molecule has 1 aliphatic rings. The molecule has 1 saturated heterocycles. The summed E-state index contributed by atoms with van der Waals surface area (Å²) in [5.41, 5.74) is 1.24. The fourth-order valence-electron chi connectivity index (χ4n) is 3.18. The van der Waals surface area contributed by atoms with E-state index in [4.69, 9.17) is 11.6 Å². The molecule has 1 aliphatic heterocycles. The quantitative estimate of drug-likeness (QED) is 0.742. The smallest absolute Gasteiger partial charge is 0.261 e.